The van der Waals surface area contributed by atoms with Crippen molar-refractivity contribution in [3.63, 3.8) is 0 Å². The van der Waals surface area contributed by atoms with Crippen LogP contribution in [0.25, 0.3) is 0 Å². The summed E-state index contributed by atoms with van der Waals surface area (Å²) in [5, 5.41) is -0.563. The van der Waals surface area contributed by atoms with Crippen LogP contribution in [0.1, 0.15) is 37.9 Å². The maximum atomic E-state index is 14.2. The highest BCUT2D eigenvalue weighted by Crippen LogP contribution is 2.42. The minimum Gasteiger partial charge on any atom is -0.444 e. The van der Waals surface area contributed by atoms with Crippen molar-refractivity contribution in [3.8, 4) is 0 Å². The van der Waals surface area contributed by atoms with Gasteiger partial charge in [-0.2, -0.15) is 13.2 Å². The van der Waals surface area contributed by atoms with Crippen molar-refractivity contribution in [1.82, 2.24) is 9.80 Å². The summed E-state index contributed by atoms with van der Waals surface area (Å²) in [6.07, 6.45) is -7.23. The normalized spacial score (nSPS) is 20.8. The number of benzene rings is 2. The fraction of sp³-hybridized carbons (Fsp3) is 0.462. The predicted molar refractivity (Wildman–Crippen MR) is 133 cm³/mol. The SMILES string of the molecule is CC(C)(C)OC(=O)N1CCN(C[C@@H]2OC(=O)N(c3ccc(Cl)c(C(F)(F)F)c3)[C@H]2c2cc(F)cc(F)c2)CC1. The van der Waals surface area contributed by atoms with Crippen LogP contribution < -0.4 is 4.90 Å². The Labute approximate surface area is 227 Å². The summed E-state index contributed by atoms with van der Waals surface area (Å²) >= 11 is 5.75. The number of rotatable bonds is 4. The van der Waals surface area contributed by atoms with E-state index in [1.165, 1.54) is 6.07 Å². The predicted octanol–water partition coefficient (Wildman–Crippen LogP) is 6.26. The molecule has 0 N–H and O–H groups in total. The molecular weight excluding hydrogens is 549 g/mol. The van der Waals surface area contributed by atoms with E-state index in [4.69, 9.17) is 21.1 Å². The topological polar surface area (TPSA) is 62.3 Å². The maximum Gasteiger partial charge on any atom is 0.417 e. The second-order valence-electron chi connectivity index (χ2n) is 10.4. The fourth-order valence-electron chi connectivity index (χ4n) is 4.62. The minimum atomic E-state index is -4.80. The van der Waals surface area contributed by atoms with Gasteiger partial charge < -0.3 is 14.4 Å². The molecule has 0 saturated carbocycles. The number of carbonyl (C=O) groups is 2. The summed E-state index contributed by atoms with van der Waals surface area (Å²) in [6, 6.07) is 4.44. The first-order chi connectivity index (χ1) is 18.1. The van der Waals surface area contributed by atoms with Crippen molar-refractivity contribution < 1.29 is 41.0 Å². The summed E-state index contributed by atoms with van der Waals surface area (Å²) in [5.41, 5.74) is -2.00. The molecule has 2 aliphatic rings. The van der Waals surface area contributed by atoms with Crippen molar-refractivity contribution in [2.45, 2.75) is 44.7 Å². The molecule has 2 amide bonds. The molecule has 13 heteroatoms. The first-order valence-corrected chi connectivity index (χ1v) is 12.5. The van der Waals surface area contributed by atoms with Gasteiger partial charge in [-0.1, -0.05) is 11.6 Å². The lowest BCUT2D eigenvalue weighted by molar-refractivity contribution is -0.137. The molecule has 2 fully saturated rings. The minimum absolute atomic E-state index is 0.0132. The van der Waals surface area contributed by atoms with Gasteiger partial charge in [0.05, 0.1) is 10.6 Å². The Morgan fingerprint density at radius 2 is 1.64 bits per heavy atom. The quantitative estimate of drug-likeness (QED) is 0.403. The molecule has 7 nitrogen and oxygen atoms in total. The third-order valence-electron chi connectivity index (χ3n) is 6.30. The van der Waals surface area contributed by atoms with E-state index in [9.17, 15) is 31.5 Å². The number of alkyl halides is 3. The number of halogens is 6. The summed E-state index contributed by atoms with van der Waals surface area (Å²) in [6.45, 7) is 6.80. The number of anilines is 1. The Kier molecular flexibility index (Phi) is 8.00. The molecule has 0 spiro atoms. The Balaban J connectivity index is 1.60. The van der Waals surface area contributed by atoms with E-state index in [0.29, 0.717) is 38.3 Å². The van der Waals surface area contributed by atoms with Crippen molar-refractivity contribution in [2.24, 2.45) is 0 Å². The van der Waals surface area contributed by atoms with E-state index >= 15 is 0 Å². The van der Waals surface area contributed by atoms with Crippen LogP contribution in [0, 0.1) is 11.6 Å². The van der Waals surface area contributed by atoms with E-state index < -0.39 is 58.3 Å². The van der Waals surface area contributed by atoms with Crippen molar-refractivity contribution >= 4 is 29.5 Å². The van der Waals surface area contributed by atoms with Crippen LogP contribution in [-0.4, -0.2) is 66.4 Å². The summed E-state index contributed by atoms with van der Waals surface area (Å²) in [5.74, 6) is -1.83. The second kappa shape index (κ2) is 10.8. The molecule has 0 bridgehead atoms. The first kappa shape index (κ1) is 28.9. The van der Waals surface area contributed by atoms with Crippen LogP contribution in [-0.2, 0) is 15.7 Å². The van der Waals surface area contributed by atoms with Crippen LogP contribution in [0.2, 0.25) is 5.02 Å². The van der Waals surface area contributed by atoms with Crippen LogP contribution in [0.15, 0.2) is 36.4 Å². The number of carbonyl (C=O) groups excluding carboxylic acids is 2. The molecule has 2 aromatic rings. The number of amides is 2. The van der Waals surface area contributed by atoms with E-state index in [0.717, 1.165) is 23.1 Å². The number of nitrogens with zero attached hydrogens (tertiary/aromatic N) is 3. The third-order valence-corrected chi connectivity index (χ3v) is 6.63. The number of piperazine rings is 1. The number of hydrogen-bond acceptors (Lipinski definition) is 5. The van der Waals surface area contributed by atoms with Crippen LogP contribution in [0.5, 0.6) is 0 Å². The van der Waals surface area contributed by atoms with Crippen LogP contribution >= 0.6 is 11.6 Å². The van der Waals surface area contributed by atoms with E-state index in [2.05, 4.69) is 0 Å². The monoisotopic (exact) mass is 575 g/mol. The van der Waals surface area contributed by atoms with E-state index in [1.807, 2.05) is 4.90 Å². The van der Waals surface area contributed by atoms with Gasteiger partial charge in [0.1, 0.15) is 29.4 Å². The zero-order valence-electron chi connectivity index (χ0n) is 21.4. The molecule has 2 aliphatic heterocycles. The standard InChI is InChI=1S/C26H27ClF5N3O4/c1-25(2,3)39-23(36)34-8-6-33(7-9-34)14-21-22(15-10-16(28)12-17(29)11-15)35(24(37)38-21)18-4-5-20(27)19(13-18)26(30,31)32/h4-5,10-13,21-22H,6-9,14H2,1-3H3/t21-,22-/m0/s1. The van der Waals surface area contributed by atoms with Gasteiger partial charge in [0.15, 0.2) is 0 Å². The van der Waals surface area contributed by atoms with Crippen LogP contribution in [0.3, 0.4) is 0 Å². The molecule has 2 saturated heterocycles. The lowest BCUT2D eigenvalue weighted by atomic mass is 9.98. The number of hydrogen-bond donors (Lipinski definition) is 0. The van der Waals surface area contributed by atoms with E-state index in [-0.39, 0.29) is 17.8 Å². The molecule has 2 aromatic carbocycles. The molecule has 212 valence electrons. The maximum absolute atomic E-state index is 14.2. The Morgan fingerprint density at radius 3 is 2.21 bits per heavy atom. The smallest absolute Gasteiger partial charge is 0.417 e. The van der Waals surface area contributed by atoms with Gasteiger partial charge >= 0.3 is 18.4 Å². The number of ether oxygens (including phenoxy) is 2. The van der Waals surface area contributed by atoms with Crippen molar-refractivity contribution in [2.75, 3.05) is 37.6 Å². The summed E-state index contributed by atoms with van der Waals surface area (Å²) < 4.78 is 80.0. The Hall–Kier alpha value is -3.12. The van der Waals surface area contributed by atoms with Gasteiger partial charge in [0, 0.05) is 44.5 Å². The highest BCUT2D eigenvalue weighted by Gasteiger charge is 2.46. The third kappa shape index (κ3) is 6.73. The Bertz CT molecular complexity index is 1220. The molecule has 0 aromatic heterocycles. The molecule has 4 rings (SSSR count). The highest BCUT2D eigenvalue weighted by atomic mass is 35.5. The van der Waals surface area contributed by atoms with Crippen LogP contribution in [0.4, 0.5) is 37.2 Å². The lowest BCUT2D eigenvalue weighted by Crippen LogP contribution is -2.52. The molecule has 0 radical (unpaired) electrons. The molecule has 2 atom stereocenters. The zero-order valence-corrected chi connectivity index (χ0v) is 22.2. The largest absolute Gasteiger partial charge is 0.444 e. The van der Waals surface area contributed by atoms with Gasteiger partial charge in [0.25, 0.3) is 0 Å². The van der Waals surface area contributed by atoms with Gasteiger partial charge in [-0.25, -0.2) is 18.4 Å². The molecular formula is C26H27ClF5N3O4. The average molecular weight is 576 g/mol. The van der Waals surface area contributed by atoms with Gasteiger partial charge in [-0.05, 0) is 56.7 Å². The zero-order chi connectivity index (χ0) is 28.7. The molecule has 39 heavy (non-hydrogen) atoms. The van der Waals surface area contributed by atoms with Crippen molar-refractivity contribution in [3.05, 3.63) is 64.2 Å². The van der Waals surface area contributed by atoms with Gasteiger partial charge in [-0.15, -0.1) is 0 Å². The van der Waals surface area contributed by atoms with Gasteiger partial charge in [-0.3, -0.25) is 9.80 Å². The molecule has 2 heterocycles. The highest BCUT2D eigenvalue weighted by molar-refractivity contribution is 6.31. The summed E-state index contributed by atoms with van der Waals surface area (Å²) in [4.78, 5) is 29.8. The Morgan fingerprint density at radius 1 is 1.03 bits per heavy atom. The fourth-order valence-corrected chi connectivity index (χ4v) is 4.84. The second-order valence-corrected chi connectivity index (χ2v) is 10.8. The van der Waals surface area contributed by atoms with E-state index in [1.54, 1.807) is 25.7 Å². The van der Waals surface area contributed by atoms with Crippen molar-refractivity contribution in [1.29, 1.82) is 0 Å². The molecule has 0 aliphatic carbocycles. The average Bonchev–Trinajstić information content (AvgIpc) is 3.12. The first-order valence-electron chi connectivity index (χ1n) is 12.2. The lowest BCUT2D eigenvalue weighted by Gasteiger charge is -2.37. The van der Waals surface area contributed by atoms with Gasteiger partial charge in [0.2, 0.25) is 0 Å². The summed E-state index contributed by atoms with van der Waals surface area (Å²) in [7, 11) is 0. The molecule has 0 unspecified atom stereocenters. The number of cyclic esters (lactones) is 1.